The Kier molecular flexibility index (Phi) is 12.8. The summed E-state index contributed by atoms with van der Waals surface area (Å²) in [6, 6.07) is 10.6. The molecule has 0 heterocycles. The van der Waals surface area contributed by atoms with Gasteiger partial charge >= 0.3 is 21.8 Å². The summed E-state index contributed by atoms with van der Waals surface area (Å²) in [5, 5.41) is 0. The zero-order valence-corrected chi connectivity index (χ0v) is 13.2. The third kappa shape index (κ3) is 60.4. The fourth-order valence-electron chi connectivity index (χ4n) is 0.938. The van der Waals surface area contributed by atoms with Crippen molar-refractivity contribution in [2.45, 2.75) is 26.2 Å². The summed E-state index contributed by atoms with van der Waals surface area (Å²) >= 11 is 0. The summed E-state index contributed by atoms with van der Waals surface area (Å²) in [7, 11) is -18.0. The Morgan fingerprint density at radius 2 is 0.720 bits per heavy atom. The van der Waals surface area contributed by atoms with E-state index >= 15 is 0 Å². The summed E-state index contributed by atoms with van der Waals surface area (Å²) in [5.41, 5.74) is 1.69. The first-order valence-electron chi connectivity index (χ1n) is 6.28. The second-order valence-corrected chi connectivity index (χ2v) is 5.10. The highest BCUT2D eigenvalue weighted by Crippen LogP contribution is 2.20. The molecule has 0 fully saturated rings. The van der Waals surface area contributed by atoms with Crippen molar-refractivity contribution in [2.75, 3.05) is 0 Å². The standard InChI is InChI=1S/C10H14.3BF4/c1-10(2,3)9-7-5-4-6-8-9;3*2-1(3,4)5/h4-8H,1-3H3;;;/q;3*-1. The highest BCUT2D eigenvalue weighted by Gasteiger charge is 2.21. The molecule has 0 aliphatic carbocycles. The van der Waals surface area contributed by atoms with Crippen molar-refractivity contribution in [3.63, 3.8) is 0 Å². The maximum atomic E-state index is 9.75. The maximum absolute atomic E-state index is 9.75. The molecule has 0 bridgehead atoms. The summed E-state index contributed by atoms with van der Waals surface area (Å²) in [4.78, 5) is 0. The summed E-state index contributed by atoms with van der Waals surface area (Å²) < 4.78 is 117. The Bertz CT molecular complexity index is 385. The lowest BCUT2D eigenvalue weighted by atomic mass is 9.87. The smallest absolute Gasteiger partial charge is 0.418 e. The average molecular weight is 395 g/mol. The Hall–Kier alpha value is -1.43. The molecule has 25 heavy (non-hydrogen) atoms. The van der Waals surface area contributed by atoms with E-state index in [1.54, 1.807) is 0 Å². The Balaban J connectivity index is -0.000000279. The molecule has 0 amide bonds. The molecule has 0 radical (unpaired) electrons. The van der Waals surface area contributed by atoms with Crippen LogP contribution in [0.5, 0.6) is 0 Å². The minimum Gasteiger partial charge on any atom is -0.418 e. The minimum absolute atomic E-state index is 0.293. The van der Waals surface area contributed by atoms with Gasteiger partial charge in [-0.25, -0.2) is 0 Å². The molecule has 1 aromatic rings. The molecule has 0 spiro atoms. The molecule has 0 nitrogen and oxygen atoms in total. The highest BCUT2D eigenvalue weighted by molar-refractivity contribution is 6.50. The van der Waals surface area contributed by atoms with Gasteiger partial charge in [-0.1, -0.05) is 51.1 Å². The lowest BCUT2D eigenvalue weighted by Crippen LogP contribution is -2.10. The molecule has 1 aromatic carbocycles. The van der Waals surface area contributed by atoms with Crippen molar-refractivity contribution in [1.29, 1.82) is 0 Å². The first kappa shape index (κ1) is 28.4. The summed E-state index contributed by atoms with van der Waals surface area (Å²) in [5.74, 6) is 0. The van der Waals surface area contributed by atoms with Gasteiger partial charge in [0.25, 0.3) is 0 Å². The molecule has 0 saturated carbocycles. The maximum Gasteiger partial charge on any atom is 0.673 e. The van der Waals surface area contributed by atoms with Crippen LogP contribution >= 0.6 is 0 Å². The average Bonchev–Trinajstić information content (AvgIpc) is 2.22. The largest absolute Gasteiger partial charge is 0.673 e. The molecule has 0 aromatic heterocycles. The number of rotatable bonds is 0. The van der Waals surface area contributed by atoms with Crippen molar-refractivity contribution < 1.29 is 51.8 Å². The van der Waals surface area contributed by atoms with Crippen molar-refractivity contribution in [3.05, 3.63) is 35.9 Å². The lowest BCUT2D eigenvalue weighted by Gasteiger charge is -2.18. The molecular formula is C10H14B3F12-3. The van der Waals surface area contributed by atoms with E-state index in [0.29, 0.717) is 5.41 Å². The Labute approximate surface area is 136 Å². The zero-order chi connectivity index (χ0) is 21.1. The second kappa shape index (κ2) is 11.2. The molecule has 0 N–H and O–H groups in total. The molecule has 0 saturated heterocycles. The monoisotopic (exact) mass is 395 g/mol. The van der Waals surface area contributed by atoms with Crippen molar-refractivity contribution in [2.24, 2.45) is 0 Å². The second-order valence-electron chi connectivity index (χ2n) is 5.10. The van der Waals surface area contributed by atoms with Crippen molar-refractivity contribution in [3.8, 4) is 0 Å². The molecule has 0 aliphatic rings. The fourth-order valence-corrected chi connectivity index (χ4v) is 0.938. The Morgan fingerprint density at radius 1 is 0.520 bits per heavy atom. The molecular weight excluding hydrogens is 381 g/mol. The van der Waals surface area contributed by atoms with Crippen LogP contribution in [0.3, 0.4) is 0 Å². The summed E-state index contributed by atoms with van der Waals surface area (Å²) in [6.45, 7) is 6.67. The molecule has 15 heteroatoms. The van der Waals surface area contributed by atoms with E-state index in [0.717, 1.165) is 0 Å². The third-order valence-electron chi connectivity index (χ3n) is 1.64. The van der Waals surface area contributed by atoms with Crippen molar-refractivity contribution >= 4 is 21.8 Å². The summed E-state index contributed by atoms with van der Waals surface area (Å²) in [6.07, 6.45) is 0. The number of hydrogen-bond donors (Lipinski definition) is 0. The quantitative estimate of drug-likeness (QED) is 0.332. The van der Waals surface area contributed by atoms with E-state index in [-0.39, 0.29) is 0 Å². The van der Waals surface area contributed by atoms with Gasteiger partial charge in [-0.3, -0.25) is 0 Å². The predicted octanol–water partition coefficient (Wildman–Crippen LogP) is 6.88. The fraction of sp³-hybridized carbons (Fsp3) is 0.400. The van der Waals surface area contributed by atoms with E-state index in [9.17, 15) is 51.8 Å². The van der Waals surface area contributed by atoms with Crippen molar-refractivity contribution in [1.82, 2.24) is 0 Å². The third-order valence-corrected chi connectivity index (χ3v) is 1.64. The first-order valence-corrected chi connectivity index (χ1v) is 6.28. The van der Waals surface area contributed by atoms with Crippen LogP contribution < -0.4 is 0 Å². The molecule has 150 valence electrons. The van der Waals surface area contributed by atoms with Crippen LogP contribution in [-0.2, 0) is 5.41 Å². The lowest BCUT2D eigenvalue weighted by molar-refractivity contribution is 0.366. The topological polar surface area (TPSA) is 0 Å². The highest BCUT2D eigenvalue weighted by atomic mass is 19.5. The van der Waals surface area contributed by atoms with Crippen LogP contribution in [0.15, 0.2) is 30.3 Å². The van der Waals surface area contributed by atoms with Gasteiger partial charge in [0, 0.05) is 0 Å². The van der Waals surface area contributed by atoms with Crippen LogP contribution in [0.25, 0.3) is 0 Å². The van der Waals surface area contributed by atoms with Crippen LogP contribution in [0.2, 0.25) is 0 Å². The molecule has 0 aliphatic heterocycles. The minimum atomic E-state index is -6.00. The molecule has 1 rings (SSSR count). The van der Waals surface area contributed by atoms with Gasteiger partial charge in [-0.15, -0.1) is 0 Å². The zero-order valence-electron chi connectivity index (χ0n) is 13.2. The van der Waals surface area contributed by atoms with E-state index in [4.69, 9.17) is 0 Å². The molecule has 0 unspecified atom stereocenters. The van der Waals surface area contributed by atoms with E-state index in [2.05, 4.69) is 51.1 Å². The van der Waals surface area contributed by atoms with E-state index in [1.807, 2.05) is 0 Å². The van der Waals surface area contributed by atoms with Gasteiger partial charge in [-0.05, 0) is 11.0 Å². The van der Waals surface area contributed by atoms with Gasteiger partial charge in [0.1, 0.15) is 0 Å². The predicted molar refractivity (Wildman–Crippen MR) is 75.7 cm³/mol. The van der Waals surface area contributed by atoms with Crippen LogP contribution in [0.1, 0.15) is 26.3 Å². The van der Waals surface area contributed by atoms with Crippen LogP contribution in [0.4, 0.5) is 51.8 Å². The van der Waals surface area contributed by atoms with Gasteiger partial charge in [0.05, 0.1) is 0 Å². The van der Waals surface area contributed by atoms with Gasteiger partial charge in [-0.2, -0.15) is 0 Å². The van der Waals surface area contributed by atoms with Gasteiger partial charge < -0.3 is 51.8 Å². The number of benzene rings is 1. The van der Waals surface area contributed by atoms with Crippen LogP contribution in [0, 0.1) is 0 Å². The van der Waals surface area contributed by atoms with E-state index in [1.165, 1.54) is 5.56 Å². The first-order chi connectivity index (χ1) is 10.6. The molecule has 0 atom stereocenters. The normalized spacial score (nSPS) is 11.8. The van der Waals surface area contributed by atoms with E-state index < -0.39 is 21.8 Å². The number of hydrogen-bond acceptors (Lipinski definition) is 0. The van der Waals surface area contributed by atoms with Crippen LogP contribution in [-0.4, -0.2) is 21.8 Å². The van der Waals surface area contributed by atoms with Gasteiger partial charge in [0.15, 0.2) is 0 Å². The SMILES string of the molecule is CC(C)(C)c1ccccc1.F[B-](F)(F)F.F[B-](F)(F)F.F[B-](F)(F)F. The number of halogens is 12. The van der Waals surface area contributed by atoms with Gasteiger partial charge in [0.2, 0.25) is 0 Å². The Morgan fingerprint density at radius 3 is 0.840 bits per heavy atom.